The molecule has 1 saturated heterocycles. The number of piperazine rings is 1. The predicted octanol–water partition coefficient (Wildman–Crippen LogP) is 4.90. The number of hydrogen-bond donors (Lipinski definition) is 0. The van der Waals surface area contributed by atoms with Crippen LogP contribution in [0.4, 0.5) is 10.2 Å². The quantitative estimate of drug-likeness (QED) is 0.305. The van der Waals surface area contributed by atoms with Crippen LogP contribution in [0.2, 0.25) is 5.15 Å². The number of pyridine rings is 1. The molecular weight excluding hydrogens is 521 g/mol. The zero-order chi connectivity index (χ0) is 27.0. The lowest BCUT2D eigenvalue weighted by Crippen LogP contribution is -2.59. The van der Waals surface area contributed by atoms with Gasteiger partial charge in [-0.25, -0.2) is 14.2 Å². The zero-order valence-corrected chi connectivity index (χ0v) is 22.1. The normalized spacial score (nSPS) is 18.5. The van der Waals surface area contributed by atoms with E-state index in [-0.39, 0.29) is 34.6 Å². The molecule has 39 heavy (non-hydrogen) atoms. The van der Waals surface area contributed by atoms with Crippen LogP contribution in [0.15, 0.2) is 77.7 Å². The van der Waals surface area contributed by atoms with Gasteiger partial charge in [0.25, 0.3) is 0 Å². The first-order valence-corrected chi connectivity index (χ1v) is 13.1. The van der Waals surface area contributed by atoms with Crippen molar-refractivity contribution in [2.24, 2.45) is 0 Å². The average Bonchev–Trinajstić information content (AvgIpc) is 3.21. The fraction of sp³-hybridized carbons (Fsp3) is 0.276. The minimum absolute atomic E-state index is 0.0519. The summed E-state index contributed by atoms with van der Waals surface area (Å²) in [5.41, 5.74) is 1.28. The van der Waals surface area contributed by atoms with Crippen molar-refractivity contribution in [2.45, 2.75) is 32.2 Å². The second-order valence-electron chi connectivity index (χ2n) is 10.1. The molecule has 0 radical (unpaired) electrons. The molecule has 200 valence electrons. The van der Waals surface area contributed by atoms with Crippen molar-refractivity contribution in [2.75, 3.05) is 24.5 Å². The summed E-state index contributed by atoms with van der Waals surface area (Å²) < 4.78 is 27.8. The van der Waals surface area contributed by atoms with Gasteiger partial charge in [-0.2, -0.15) is 4.98 Å². The minimum Gasteiger partial charge on any atom is -0.473 e. The number of aromatic nitrogens is 3. The highest BCUT2D eigenvalue weighted by atomic mass is 35.5. The maximum absolute atomic E-state index is 14.7. The van der Waals surface area contributed by atoms with Gasteiger partial charge in [0.1, 0.15) is 23.3 Å². The third-order valence-corrected chi connectivity index (χ3v) is 7.36. The van der Waals surface area contributed by atoms with E-state index in [2.05, 4.69) is 51.0 Å². The fourth-order valence-corrected chi connectivity index (χ4v) is 5.53. The lowest BCUT2D eigenvalue weighted by molar-refractivity contribution is 0.166. The topological polar surface area (TPSA) is 72.7 Å². The van der Waals surface area contributed by atoms with Crippen molar-refractivity contribution in [3.8, 4) is 17.4 Å². The molecule has 10 heteroatoms. The Bertz CT molecular complexity index is 1570. The molecule has 2 aromatic heterocycles. The van der Waals surface area contributed by atoms with E-state index in [9.17, 15) is 9.18 Å². The number of halogens is 2. The molecule has 0 aliphatic carbocycles. The van der Waals surface area contributed by atoms with Gasteiger partial charge in [0.15, 0.2) is 11.6 Å². The number of rotatable bonds is 7. The molecule has 4 heterocycles. The molecule has 2 aliphatic rings. The summed E-state index contributed by atoms with van der Waals surface area (Å²) in [6.07, 6.45) is 1.48. The molecule has 1 atom stereocenters. The summed E-state index contributed by atoms with van der Waals surface area (Å²) in [6, 6.07) is 19.9. The Labute approximate surface area is 230 Å². The smallest absolute Gasteiger partial charge is 0.352 e. The van der Waals surface area contributed by atoms with Crippen molar-refractivity contribution in [3.05, 3.63) is 106 Å². The summed E-state index contributed by atoms with van der Waals surface area (Å²) in [6.45, 7) is 6.18. The molecule has 1 fully saturated rings. The highest BCUT2D eigenvalue weighted by molar-refractivity contribution is 6.29. The van der Waals surface area contributed by atoms with Gasteiger partial charge in [0, 0.05) is 44.5 Å². The summed E-state index contributed by atoms with van der Waals surface area (Å²) in [4.78, 5) is 25.7. The Kier molecular flexibility index (Phi) is 6.70. The second kappa shape index (κ2) is 10.3. The standard InChI is InChI=1S/C29H27ClFN5O3/c1-29-18-34(16-20-5-3-2-4-6-20)11-12-36(29)27-15-26(33-28(37)35(27)19-29)38-17-21-7-8-24(23(31)13-21)39-22-9-10-32-25(30)14-22/h2-10,13-15H,11-12,16-19H2,1H3/t29-/m0/s1. The molecule has 0 amide bonds. The Morgan fingerprint density at radius 3 is 2.67 bits per heavy atom. The van der Waals surface area contributed by atoms with Crippen molar-refractivity contribution in [1.82, 2.24) is 19.4 Å². The van der Waals surface area contributed by atoms with E-state index >= 15 is 0 Å². The van der Waals surface area contributed by atoms with E-state index in [1.807, 2.05) is 6.07 Å². The minimum atomic E-state index is -0.546. The number of nitrogens with zero attached hydrogens (tertiary/aromatic N) is 5. The van der Waals surface area contributed by atoms with Crippen molar-refractivity contribution in [3.63, 3.8) is 0 Å². The fourth-order valence-electron chi connectivity index (χ4n) is 5.37. The average molecular weight is 548 g/mol. The van der Waals surface area contributed by atoms with Gasteiger partial charge in [0.2, 0.25) is 5.88 Å². The first-order chi connectivity index (χ1) is 18.9. The third-order valence-electron chi connectivity index (χ3n) is 7.15. The number of hydrogen-bond acceptors (Lipinski definition) is 7. The van der Waals surface area contributed by atoms with Crippen LogP contribution in [0.3, 0.4) is 0 Å². The Morgan fingerprint density at radius 2 is 1.87 bits per heavy atom. The number of ether oxygens (including phenoxy) is 2. The number of fused-ring (bicyclic) bond motifs is 3. The monoisotopic (exact) mass is 547 g/mol. The van der Waals surface area contributed by atoms with Gasteiger partial charge < -0.3 is 14.4 Å². The summed E-state index contributed by atoms with van der Waals surface area (Å²) in [5.74, 6) is 0.913. The van der Waals surface area contributed by atoms with Crippen LogP contribution in [0.25, 0.3) is 0 Å². The first kappa shape index (κ1) is 25.3. The molecule has 0 unspecified atom stereocenters. The summed E-state index contributed by atoms with van der Waals surface area (Å²) in [7, 11) is 0. The zero-order valence-electron chi connectivity index (χ0n) is 21.4. The number of benzene rings is 2. The van der Waals surface area contributed by atoms with Gasteiger partial charge in [-0.05, 0) is 36.2 Å². The number of anilines is 1. The van der Waals surface area contributed by atoms with Crippen molar-refractivity contribution < 1.29 is 13.9 Å². The largest absolute Gasteiger partial charge is 0.473 e. The molecule has 4 aromatic rings. The van der Waals surface area contributed by atoms with Crippen LogP contribution in [-0.2, 0) is 19.7 Å². The summed E-state index contributed by atoms with van der Waals surface area (Å²) in [5, 5.41) is 0.255. The summed E-state index contributed by atoms with van der Waals surface area (Å²) >= 11 is 5.87. The molecule has 2 aliphatic heterocycles. The van der Waals surface area contributed by atoms with Gasteiger partial charge in [0.05, 0.1) is 12.1 Å². The van der Waals surface area contributed by atoms with E-state index in [0.717, 1.165) is 32.0 Å². The third kappa shape index (κ3) is 5.32. The lowest BCUT2D eigenvalue weighted by Gasteiger charge is -2.45. The Balaban J connectivity index is 1.13. The lowest BCUT2D eigenvalue weighted by atomic mass is 9.97. The van der Waals surface area contributed by atoms with Gasteiger partial charge in [-0.15, -0.1) is 0 Å². The molecular formula is C29H27ClFN5O3. The predicted molar refractivity (Wildman–Crippen MR) is 146 cm³/mol. The van der Waals surface area contributed by atoms with E-state index in [1.165, 1.54) is 30.0 Å². The van der Waals surface area contributed by atoms with Crippen LogP contribution in [-0.4, -0.2) is 44.6 Å². The molecule has 0 N–H and O–H groups in total. The molecule has 0 bridgehead atoms. The molecule has 0 saturated carbocycles. The molecule has 0 spiro atoms. The van der Waals surface area contributed by atoms with Gasteiger partial charge in [-0.1, -0.05) is 48.0 Å². The van der Waals surface area contributed by atoms with Crippen LogP contribution < -0.4 is 20.1 Å². The van der Waals surface area contributed by atoms with Crippen LogP contribution in [0, 0.1) is 5.82 Å². The highest BCUT2D eigenvalue weighted by Gasteiger charge is 2.44. The van der Waals surface area contributed by atoms with Crippen molar-refractivity contribution >= 4 is 17.4 Å². The maximum atomic E-state index is 14.7. The molecule has 6 rings (SSSR count). The van der Waals surface area contributed by atoms with E-state index in [1.54, 1.807) is 22.8 Å². The van der Waals surface area contributed by atoms with Crippen molar-refractivity contribution in [1.29, 1.82) is 0 Å². The second-order valence-corrected chi connectivity index (χ2v) is 10.5. The van der Waals surface area contributed by atoms with Crippen LogP contribution >= 0.6 is 11.6 Å². The molecule has 8 nitrogen and oxygen atoms in total. The maximum Gasteiger partial charge on any atom is 0.352 e. The van der Waals surface area contributed by atoms with E-state index in [0.29, 0.717) is 17.9 Å². The SMILES string of the molecule is C[C@@]12CN(Cc3ccccc3)CCN1c1cc(OCc3ccc(Oc4ccnc(Cl)c4)c(F)c3)nc(=O)n1C2. The Hall–Kier alpha value is -3.95. The van der Waals surface area contributed by atoms with E-state index < -0.39 is 5.82 Å². The first-order valence-electron chi connectivity index (χ1n) is 12.7. The Morgan fingerprint density at radius 1 is 1.03 bits per heavy atom. The van der Waals surface area contributed by atoms with Crippen LogP contribution in [0.5, 0.6) is 17.4 Å². The van der Waals surface area contributed by atoms with Gasteiger partial charge in [-0.3, -0.25) is 9.47 Å². The molecule has 2 aromatic carbocycles. The van der Waals surface area contributed by atoms with Gasteiger partial charge >= 0.3 is 5.69 Å². The highest BCUT2D eigenvalue weighted by Crippen LogP contribution is 2.37. The van der Waals surface area contributed by atoms with E-state index in [4.69, 9.17) is 21.1 Å². The van der Waals surface area contributed by atoms with Crippen LogP contribution in [0.1, 0.15) is 18.1 Å².